The van der Waals surface area contributed by atoms with E-state index in [1.54, 1.807) is 12.1 Å². The van der Waals surface area contributed by atoms with Crippen molar-refractivity contribution >= 4 is 17.4 Å². The number of rotatable bonds is 3. The second kappa shape index (κ2) is 6.44. The number of fused-ring (bicyclic) bond motifs is 1. The van der Waals surface area contributed by atoms with Crippen LogP contribution in [-0.4, -0.2) is 55.7 Å². The maximum absolute atomic E-state index is 12.6. The molecule has 0 aliphatic carbocycles. The summed E-state index contributed by atoms with van der Waals surface area (Å²) in [6, 6.07) is 3.35. The van der Waals surface area contributed by atoms with Crippen molar-refractivity contribution in [2.24, 2.45) is 0 Å². The molecule has 120 valence electrons. The van der Waals surface area contributed by atoms with Crippen molar-refractivity contribution in [3.8, 4) is 11.5 Å². The lowest BCUT2D eigenvalue weighted by molar-refractivity contribution is -0.0652. The van der Waals surface area contributed by atoms with Gasteiger partial charge >= 0.3 is 0 Å². The average Bonchev–Trinajstić information content (AvgIpc) is 2.45. The van der Waals surface area contributed by atoms with E-state index < -0.39 is 0 Å². The van der Waals surface area contributed by atoms with Crippen molar-refractivity contribution in [3.05, 3.63) is 22.7 Å². The van der Waals surface area contributed by atoms with Gasteiger partial charge in [-0.05, 0) is 19.9 Å². The van der Waals surface area contributed by atoms with E-state index in [9.17, 15) is 4.79 Å². The van der Waals surface area contributed by atoms with Crippen LogP contribution in [0, 0.1) is 0 Å². The summed E-state index contributed by atoms with van der Waals surface area (Å²) in [5.41, 5.74) is 0.484. The summed E-state index contributed by atoms with van der Waals surface area (Å²) in [5.74, 6) is 1.17. The molecule has 0 bridgehead atoms. The van der Waals surface area contributed by atoms with Crippen LogP contribution in [0.15, 0.2) is 12.1 Å². The maximum atomic E-state index is 12.6. The number of hydrogen-bond acceptors (Lipinski definition) is 5. The van der Waals surface area contributed by atoms with Crippen LogP contribution in [0.3, 0.4) is 0 Å². The van der Waals surface area contributed by atoms with Gasteiger partial charge < -0.3 is 14.2 Å². The van der Waals surface area contributed by atoms with Gasteiger partial charge in [0, 0.05) is 24.7 Å². The molecule has 0 spiro atoms. The lowest BCUT2D eigenvalue weighted by Crippen LogP contribution is -2.47. The second-order valence-electron chi connectivity index (χ2n) is 5.85. The molecular formula is C16H20ClNO4. The molecule has 1 fully saturated rings. The normalized spacial score (nSPS) is 25.0. The lowest BCUT2D eigenvalue weighted by atomic mass is 10.1. The number of nitrogens with zero attached hydrogens (tertiary/aromatic N) is 1. The smallest absolute Gasteiger partial charge is 0.178 e. The summed E-state index contributed by atoms with van der Waals surface area (Å²) in [6.07, 6.45) is 0.263. The van der Waals surface area contributed by atoms with Crippen LogP contribution in [0.4, 0.5) is 0 Å². The molecule has 0 radical (unpaired) electrons. The summed E-state index contributed by atoms with van der Waals surface area (Å²) in [5, 5.41) is 0.406. The second-order valence-corrected chi connectivity index (χ2v) is 6.26. The Bertz CT molecular complexity index is 568. The molecule has 2 aliphatic rings. The third kappa shape index (κ3) is 3.37. The predicted octanol–water partition coefficient (Wildman–Crippen LogP) is 2.40. The average molecular weight is 326 g/mol. The van der Waals surface area contributed by atoms with E-state index in [2.05, 4.69) is 4.90 Å². The van der Waals surface area contributed by atoms with E-state index in [1.165, 1.54) is 0 Å². The van der Waals surface area contributed by atoms with Crippen LogP contribution in [0.1, 0.15) is 24.2 Å². The Morgan fingerprint density at radius 2 is 1.77 bits per heavy atom. The fourth-order valence-corrected chi connectivity index (χ4v) is 3.24. The van der Waals surface area contributed by atoms with E-state index in [1.807, 2.05) is 13.8 Å². The number of halogens is 1. The molecule has 2 atom stereocenters. The zero-order chi connectivity index (χ0) is 15.7. The van der Waals surface area contributed by atoms with Gasteiger partial charge in [-0.15, -0.1) is 0 Å². The van der Waals surface area contributed by atoms with Crippen LogP contribution >= 0.6 is 11.6 Å². The van der Waals surface area contributed by atoms with Gasteiger partial charge in [0.25, 0.3) is 0 Å². The molecule has 2 unspecified atom stereocenters. The van der Waals surface area contributed by atoms with Gasteiger partial charge in [0.15, 0.2) is 17.3 Å². The molecule has 2 aliphatic heterocycles. The van der Waals surface area contributed by atoms with Crippen molar-refractivity contribution < 1.29 is 19.0 Å². The van der Waals surface area contributed by atoms with E-state index >= 15 is 0 Å². The molecule has 3 rings (SSSR count). The first-order valence-electron chi connectivity index (χ1n) is 7.53. The van der Waals surface area contributed by atoms with Crippen LogP contribution < -0.4 is 9.47 Å². The number of carbonyl (C=O) groups is 1. The van der Waals surface area contributed by atoms with Gasteiger partial charge in [-0.25, -0.2) is 0 Å². The number of ether oxygens (including phenoxy) is 3. The summed E-state index contributed by atoms with van der Waals surface area (Å²) in [7, 11) is 0. The molecule has 1 saturated heterocycles. The van der Waals surface area contributed by atoms with Gasteiger partial charge in [0.2, 0.25) is 0 Å². The summed E-state index contributed by atoms with van der Waals surface area (Å²) >= 11 is 6.23. The highest BCUT2D eigenvalue weighted by molar-refractivity contribution is 6.34. The number of carbonyl (C=O) groups excluding carboxylic acids is 1. The summed E-state index contributed by atoms with van der Waals surface area (Å²) in [6.45, 7) is 6.85. The largest absolute Gasteiger partial charge is 0.486 e. The minimum absolute atomic E-state index is 0.0109. The van der Waals surface area contributed by atoms with Gasteiger partial charge in [0.05, 0.1) is 23.8 Å². The topological polar surface area (TPSA) is 48.0 Å². The molecule has 2 heterocycles. The molecular weight excluding hydrogens is 306 g/mol. The van der Waals surface area contributed by atoms with E-state index in [0.29, 0.717) is 41.8 Å². The van der Waals surface area contributed by atoms with Crippen LogP contribution in [-0.2, 0) is 4.74 Å². The third-order valence-corrected chi connectivity index (χ3v) is 4.11. The molecule has 0 saturated carbocycles. The molecule has 1 aromatic rings. The molecule has 6 heteroatoms. The highest BCUT2D eigenvalue weighted by Gasteiger charge is 2.26. The van der Waals surface area contributed by atoms with Crippen LogP contribution in [0.2, 0.25) is 5.02 Å². The van der Waals surface area contributed by atoms with Gasteiger partial charge in [0.1, 0.15) is 13.2 Å². The quantitative estimate of drug-likeness (QED) is 0.799. The highest BCUT2D eigenvalue weighted by atomic mass is 35.5. The molecule has 5 nitrogen and oxygen atoms in total. The first-order chi connectivity index (χ1) is 10.5. The lowest BCUT2D eigenvalue weighted by Gasteiger charge is -2.34. The minimum atomic E-state index is -0.0109. The first-order valence-corrected chi connectivity index (χ1v) is 7.91. The Balaban J connectivity index is 1.74. The van der Waals surface area contributed by atoms with Crippen LogP contribution in [0.5, 0.6) is 11.5 Å². The number of hydrogen-bond donors (Lipinski definition) is 0. The Labute approximate surface area is 135 Å². The Kier molecular flexibility index (Phi) is 4.57. The highest BCUT2D eigenvalue weighted by Crippen LogP contribution is 2.35. The zero-order valence-electron chi connectivity index (χ0n) is 12.8. The number of Topliss-reactive ketones (excluding diaryl/α,β-unsaturated/α-hetero) is 1. The van der Waals surface area contributed by atoms with Gasteiger partial charge in [-0.2, -0.15) is 0 Å². The SMILES string of the molecule is CC1CN(CC(=O)c2cc3c(cc2Cl)OCCO3)CC(C)O1. The van der Waals surface area contributed by atoms with Crippen molar-refractivity contribution in [3.63, 3.8) is 0 Å². The summed E-state index contributed by atoms with van der Waals surface area (Å²) < 4.78 is 16.7. The summed E-state index contributed by atoms with van der Waals surface area (Å²) in [4.78, 5) is 14.7. The number of benzene rings is 1. The molecule has 1 aromatic carbocycles. The van der Waals surface area contributed by atoms with Crippen molar-refractivity contribution in [2.75, 3.05) is 32.8 Å². The molecule has 22 heavy (non-hydrogen) atoms. The Morgan fingerprint density at radius 3 is 2.41 bits per heavy atom. The van der Waals surface area contributed by atoms with Gasteiger partial charge in [-0.3, -0.25) is 9.69 Å². The Morgan fingerprint density at radius 1 is 1.18 bits per heavy atom. The molecule has 0 N–H and O–H groups in total. The van der Waals surface area contributed by atoms with E-state index in [4.69, 9.17) is 25.8 Å². The van der Waals surface area contributed by atoms with Gasteiger partial charge in [-0.1, -0.05) is 11.6 Å². The molecule has 0 amide bonds. The standard InChI is InChI=1S/C16H20ClNO4/c1-10-7-18(8-11(2)22-10)9-14(19)12-5-15-16(6-13(12)17)21-4-3-20-15/h5-6,10-11H,3-4,7-9H2,1-2H3. The minimum Gasteiger partial charge on any atom is -0.486 e. The fourth-order valence-electron chi connectivity index (χ4n) is 2.98. The Hall–Kier alpha value is -1.30. The maximum Gasteiger partial charge on any atom is 0.178 e. The fraction of sp³-hybridized carbons (Fsp3) is 0.562. The zero-order valence-corrected chi connectivity index (χ0v) is 13.6. The van der Waals surface area contributed by atoms with Crippen molar-refractivity contribution in [2.45, 2.75) is 26.1 Å². The predicted molar refractivity (Wildman–Crippen MR) is 83.2 cm³/mol. The first kappa shape index (κ1) is 15.6. The number of ketones is 1. The third-order valence-electron chi connectivity index (χ3n) is 3.79. The van der Waals surface area contributed by atoms with Crippen LogP contribution in [0.25, 0.3) is 0 Å². The van der Waals surface area contributed by atoms with Crippen molar-refractivity contribution in [1.82, 2.24) is 4.90 Å². The van der Waals surface area contributed by atoms with Crippen molar-refractivity contribution in [1.29, 1.82) is 0 Å². The number of morpholine rings is 1. The van der Waals surface area contributed by atoms with E-state index in [-0.39, 0.29) is 18.0 Å². The molecule has 0 aromatic heterocycles. The van der Waals surface area contributed by atoms with E-state index in [0.717, 1.165) is 13.1 Å². The monoisotopic (exact) mass is 325 g/mol.